The van der Waals surface area contributed by atoms with Gasteiger partial charge in [-0.05, 0) is 0 Å². The fourth-order valence-corrected chi connectivity index (χ4v) is 0. The van der Waals surface area contributed by atoms with E-state index in [0.717, 1.165) is 0 Å². The Morgan fingerprint density at radius 3 is 1.50 bits per heavy atom. The summed E-state index contributed by atoms with van der Waals surface area (Å²) in [7, 11) is 0. The fraction of sp³-hybridized carbons (Fsp3) is 0.500. The van der Waals surface area contributed by atoms with E-state index in [1.165, 1.54) is 5.88 Å². The van der Waals surface area contributed by atoms with Crippen LogP contribution in [0.25, 0.3) is 0 Å². The summed E-state index contributed by atoms with van der Waals surface area (Å²) < 4.78 is 0. The predicted molar refractivity (Wildman–Crippen MR) is 21.6 cm³/mol. The van der Waals surface area contributed by atoms with Crippen LogP contribution in [0, 0.1) is 5.88 Å². The molecule has 0 spiro atoms. The third-order valence-corrected chi connectivity index (χ3v) is 0. The van der Waals surface area contributed by atoms with Crippen molar-refractivity contribution in [2.75, 3.05) is 0 Å². The fourth-order valence-electron chi connectivity index (χ4n) is 0. The molecular weight excluding hydrogens is 210 g/mol. The number of hydrogen-bond acceptors (Lipinski definition) is 0. The van der Waals surface area contributed by atoms with Gasteiger partial charge in [0, 0.05) is 26.2 Å². The van der Waals surface area contributed by atoms with E-state index < -0.39 is 0 Å². The van der Waals surface area contributed by atoms with Crippen LogP contribution < -0.4 is 12.4 Å². The van der Waals surface area contributed by atoms with Crippen LogP contribution in [0.3, 0.4) is 0 Å². The Morgan fingerprint density at radius 1 is 1.50 bits per heavy atom. The predicted octanol–water partition coefficient (Wildman–Crippen LogP) is -1.97. The largest absolute Gasteiger partial charge is 2.00 e. The monoisotopic (exact) mass is 212 g/mol. The summed E-state index contributed by atoms with van der Waals surface area (Å²) in [5.41, 5.74) is 0. The Labute approximate surface area is 85.1 Å². The Kier molecular flexibility index (Phi) is 108. The third kappa shape index (κ3) is 34.3. The van der Waals surface area contributed by atoms with Crippen LogP contribution in [0.1, 0.15) is 6.92 Å². The first-order valence-corrected chi connectivity index (χ1v) is 1.23. The molecule has 0 fully saturated rings. The topological polar surface area (TPSA) is 0 Å². The summed E-state index contributed by atoms with van der Waals surface area (Å²) in [5.74, 6) is 1.47. The average molecular weight is 214 g/mol. The molecule has 0 saturated carbocycles. The van der Waals surface area contributed by atoms with Crippen molar-refractivity contribution in [3.63, 3.8) is 0 Å². The molecule has 0 aromatic heterocycles. The zero-order valence-corrected chi connectivity index (χ0v) is 8.92. The van der Waals surface area contributed by atoms with E-state index in [4.69, 9.17) is 11.6 Å². The molecule has 0 aliphatic carbocycles. The van der Waals surface area contributed by atoms with Gasteiger partial charge < -0.3 is 24.0 Å². The normalized spacial score (nSPS) is 3.00. The number of hydrogen-bond donors (Lipinski definition) is 0. The van der Waals surface area contributed by atoms with E-state index in [9.17, 15) is 0 Å². The Bertz CT molecular complexity index is 11.5. The van der Waals surface area contributed by atoms with E-state index >= 15 is 0 Å². The van der Waals surface area contributed by atoms with Gasteiger partial charge in [0.1, 0.15) is 0 Å². The van der Waals surface area contributed by atoms with Gasteiger partial charge in [-0.25, -0.2) is 5.88 Å². The molecule has 0 aliphatic rings. The Morgan fingerprint density at radius 2 is 1.50 bits per heavy atom. The van der Waals surface area contributed by atoms with Gasteiger partial charge in [-0.3, -0.25) is 0 Å². The van der Waals surface area contributed by atoms with Crippen LogP contribution in [0.15, 0.2) is 0 Å². The molecule has 0 aliphatic heterocycles. The summed E-state index contributed by atoms with van der Waals surface area (Å²) >= 11 is 4.87. The Hall–Kier alpha value is 2.23. The number of rotatable bonds is 0. The molecule has 0 amide bonds. The molecule has 32 valence electrons. The first-order valence-electron chi connectivity index (χ1n) is 0.796. The van der Waals surface area contributed by atoms with Crippen LogP contribution in [0.4, 0.5) is 0 Å². The molecule has 4 heteroatoms. The standard InChI is InChI=1S/C2H4Cl.ClH.Mg.Zr/c1-2-3;;;/h2H,1H3;1H;;/q-1;;+2;/p-1. The minimum atomic E-state index is 0. The summed E-state index contributed by atoms with van der Waals surface area (Å²) in [5, 5.41) is 0. The summed E-state index contributed by atoms with van der Waals surface area (Å²) in [6.45, 7) is 1.77. The van der Waals surface area contributed by atoms with Crippen molar-refractivity contribution in [1.29, 1.82) is 0 Å². The van der Waals surface area contributed by atoms with Crippen molar-refractivity contribution in [1.82, 2.24) is 0 Å². The van der Waals surface area contributed by atoms with Crippen LogP contribution in [0.2, 0.25) is 0 Å². The molecule has 0 aromatic rings. The van der Waals surface area contributed by atoms with Crippen LogP contribution in [-0.4, -0.2) is 23.1 Å². The summed E-state index contributed by atoms with van der Waals surface area (Å²) in [6.07, 6.45) is 0. The van der Waals surface area contributed by atoms with E-state index in [1.54, 1.807) is 6.92 Å². The molecule has 0 atom stereocenters. The van der Waals surface area contributed by atoms with Crippen LogP contribution >= 0.6 is 11.6 Å². The number of halogens is 2. The van der Waals surface area contributed by atoms with Crippen molar-refractivity contribution in [2.45, 2.75) is 6.92 Å². The molecule has 6 heavy (non-hydrogen) atoms. The summed E-state index contributed by atoms with van der Waals surface area (Å²) in [6, 6.07) is 0. The van der Waals surface area contributed by atoms with E-state index in [0.29, 0.717) is 0 Å². The molecule has 0 heterocycles. The van der Waals surface area contributed by atoms with Gasteiger partial charge in [-0.15, -0.1) is 0 Å². The van der Waals surface area contributed by atoms with E-state index in [2.05, 4.69) is 0 Å². The molecule has 0 aromatic carbocycles. The molecule has 0 nitrogen and oxygen atoms in total. The van der Waals surface area contributed by atoms with Crippen LogP contribution in [0.5, 0.6) is 0 Å². The molecule has 0 saturated heterocycles. The van der Waals surface area contributed by atoms with E-state index in [-0.39, 0.29) is 61.7 Å². The smallest absolute Gasteiger partial charge is 1.00 e. The summed E-state index contributed by atoms with van der Waals surface area (Å²) in [4.78, 5) is 0. The SMILES string of the molecule is C[CH-]Cl.[Cl-].[Mg+2].[Zr]. The molecule has 0 bridgehead atoms. The van der Waals surface area contributed by atoms with Gasteiger partial charge in [0.15, 0.2) is 0 Å². The van der Waals surface area contributed by atoms with Crippen LogP contribution in [-0.2, 0) is 26.2 Å². The van der Waals surface area contributed by atoms with Crippen molar-refractivity contribution in [3.05, 3.63) is 5.88 Å². The maximum atomic E-state index is 4.87. The average Bonchev–Trinajstić information content (AvgIpc) is 0.918. The van der Waals surface area contributed by atoms with Gasteiger partial charge in [0.2, 0.25) is 0 Å². The van der Waals surface area contributed by atoms with Gasteiger partial charge in [0.05, 0.1) is 0 Å². The Balaban J connectivity index is -0.00000000667. The first-order chi connectivity index (χ1) is 1.41. The molecule has 0 radical (unpaired) electrons. The molecule has 0 unspecified atom stereocenters. The third-order valence-electron chi connectivity index (χ3n) is 0. The molecular formula is C2H4Cl2MgZr. The second kappa shape index (κ2) is 26.9. The first kappa shape index (κ1) is 24.0. The van der Waals surface area contributed by atoms with Crippen molar-refractivity contribution >= 4 is 34.7 Å². The quantitative estimate of drug-likeness (QED) is 0.324. The zero-order chi connectivity index (χ0) is 2.71. The van der Waals surface area contributed by atoms with Gasteiger partial charge in [-0.2, -0.15) is 6.92 Å². The molecule has 0 N–H and O–H groups in total. The van der Waals surface area contributed by atoms with Crippen molar-refractivity contribution in [2.24, 2.45) is 0 Å². The van der Waals surface area contributed by atoms with Crippen molar-refractivity contribution in [3.8, 4) is 0 Å². The maximum Gasteiger partial charge on any atom is 2.00 e. The minimum Gasteiger partial charge on any atom is -1.00 e. The van der Waals surface area contributed by atoms with Gasteiger partial charge >= 0.3 is 23.1 Å². The van der Waals surface area contributed by atoms with Gasteiger partial charge in [0.25, 0.3) is 0 Å². The molecule has 0 rings (SSSR count). The minimum absolute atomic E-state index is 0. The second-order valence-corrected chi connectivity index (χ2v) is 0.655. The zero-order valence-electron chi connectivity index (χ0n) is 3.54. The second-order valence-electron chi connectivity index (χ2n) is 0.218. The van der Waals surface area contributed by atoms with E-state index in [1.807, 2.05) is 0 Å². The maximum absolute atomic E-state index is 4.87. The van der Waals surface area contributed by atoms with Crippen molar-refractivity contribution < 1.29 is 38.6 Å². The van der Waals surface area contributed by atoms with Gasteiger partial charge in [-0.1, -0.05) is 0 Å².